The third-order valence-electron chi connectivity index (χ3n) is 3.28. The highest BCUT2D eigenvalue weighted by Crippen LogP contribution is 2.23. The SMILES string of the molecule is CCOC(=O)c1csc([C@@H](Cc2ccccc2)NC(=O)OC(C)(C)C)n1. The molecule has 0 aliphatic heterocycles. The summed E-state index contributed by atoms with van der Waals surface area (Å²) in [5.41, 5.74) is 0.692. The number of nitrogens with one attached hydrogen (secondary N) is 1. The van der Waals surface area contributed by atoms with Gasteiger partial charge in [0, 0.05) is 5.38 Å². The van der Waals surface area contributed by atoms with Crippen LogP contribution >= 0.6 is 11.3 Å². The molecule has 6 nitrogen and oxygen atoms in total. The summed E-state index contributed by atoms with van der Waals surface area (Å²) in [7, 11) is 0. The highest BCUT2D eigenvalue weighted by atomic mass is 32.1. The van der Waals surface area contributed by atoms with Crippen LogP contribution in [0.3, 0.4) is 0 Å². The molecular weight excluding hydrogens is 352 g/mol. The van der Waals surface area contributed by atoms with E-state index in [-0.39, 0.29) is 12.3 Å². The Kier molecular flexibility index (Phi) is 6.74. The van der Waals surface area contributed by atoms with E-state index in [1.54, 1.807) is 33.1 Å². The van der Waals surface area contributed by atoms with Crippen molar-refractivity contribution in [1.29, 1.82) is 0 Å². The summed E-state index contributed by atoms with van der Waals surface area (Å²) in [6.45, 7) is 7.45. The molecule has 140 valence electrons. The topological polar surface area (TPSA) is 77.5 Å². The summed E-state index contributed by atoms with van der Waals surface area (Å²) in [5.74, 6) is -0.467. The molecule has 0 saturated heterocycles. The van der Waals surface area contributed by atoms with Gasteiger partial charge < -0.3 is 14.8 Å². The Morgan fingerprint density at radius 1 is 1.23 bits per heavy atom. The predicted octanol–water partition coefficient (Wildman–Crippen LogP) is 4.13. The number of benzene rings is 1. The maximum atomic E-state index is 12.2. The molecule has 1 heterocycles. The van der Waals surface area contributed by atoms with Gasteiger partial charge in [0.05, 0.1) is 12.6 Å². The van der Waals surface area contributed by atoms with Crippen LogP contribution in [0, 0.1) is 0 Å². The van der Waals surface area contributed by atoms with Gasteiger partial charge in [0.1, 0.15) is 10.6 Å². The number of thiazole rings is 1. The lowest BCUT2D eigenvalue weighted by Crippen LogP contribution is -2.35. The molecule has 26 heavy (non-hydrogen) atoms. The van der Waals surface area contributed by atoms with Crippen molar-refractivity contribution in [3.63, 3.8) is 0 Å². The Morgan fingerprint density at radius 2 is 1.92 bits per heavy atom. The minimum absolute atomic E-state index is 0.246. The number of ether oxygens (including phenoxy) is 2. The zero-order valence-corrected chi connectivity index (χ0v) is 16.3. The van der Waals surface area contributed by atoms with Crippen molar-refractivity contribution in [3.05, 3.63) is 52.0 Å². The molecule has 1 amide bonds. The van der Waals surface area contributed by atoms with E-state index in [0.29, 0.717) is 11.4 Å². The van der Waals surface area contributed by atoms with Crippen LogP contribution in [-0.2, 0) is 15.9 Å². The van der Waals surface area contributed by atoms with Crippen molar-refractivity contribution in [3.8, 4) is 0 Å². The van der Waals surface area contributed by atoms with Gasteiger partial charge in [-0.3, -0.25) is 0 Å². The zero-order valence-electron chi connectivity index (χ0n) is 15.4. The van der Waals surface area contributed by atoms with Crippen LogP contribution in [0.1, 0.15) is 54.8 Å². The van der Waals surface area contributed by atoms with E-state index in [4.69, 9.17) is 9.47 Å². The van der Waals surface area contributed by atoms with Crippen molar-refractivity contribution in [2.24, 2.45) is 0 Å². The number of alkyl carbamates (subject to hydrolysis) is 1. The van der Waals surface area contributed by atoms with Crippen molar-refractivity contribution in [2.45, 2.75) is 45.8 Å². The number of amides is 1. The molecule has 1 atom stereocenters. The molecule has 7 heteroatoms. The second-order valence-corrected chi connectivity index (χ2v) is 7.57. The van der Waals surface area contributed by atoms with Crippen molar-refractivity contribution < 1.29 is 19.1 Å². The smallest absolute Gasteiger partial charge is 0.408 e. The summed E-state index contributed by atoms with van der Waals surface area (Å²) in [6.07, 6.45) is 0.0156. The number of hydrogen-bond donors (Lipinski definition) is 1. The van der Waals surface area contributed by atoms with Crippen LogP contribution in [0.5, 0.6) is 0 Å². The Morgan fingerprint density at radius 3 is 2.54 bits per heavy atom. The van der Waals surface area contributed by atoms with Gasteiger partial charge in [-0.2, -0.15) is 0 Å². The third kappa shape index (κ3) is 6.15. The van der Waals surface area contributed by atoms with Crippen LogP contribution in [0.25, 0.3) is 0 Å². The number of esters is 1. The summed E-state index contributed by atoms with van der Waals surface area (Å²) >= 11 is 1.31. The number of aromatic nitrogens is 1. The second-order valence-electron chi connectivity index (χ2n) is 6.68. The first-order valence-electron chi connectivity index (χ1n) is 8.44. The normalized spacial score (nSPS) is 12.3. The molecule has 0 aliphatic carbocycles. The molecule has 2 aromatic rings. The first-order chi connectivity index (χ1) is 12.3. The molecule has 1 aromatic carbocycles. The van der Waals surface area contributed by atoms with Gasteiger partial charge in [0.15, 0.2) is 5.69 Å². The van der Waals surface area contributed by atoms with Crippen molar-refractivity contribution in [2.75, 3.05) is 6.61 Å². The molecule has 1 aromatic heterocycles. The number of hydrogen-bond acceptors (Lipinski definition) is 6. The lowest BCUT2D eigenvalue weighted by molar-refractivity contribution is 0.0502. The maximum Gasteiger partial charge on any atom is 0.408 e. The van der Waals surface area contributed by atoms with Gasteiger partial charge in [-0.15, -0.1) is 11.3 Å². The minimum atomic E-state index is -0.597. The molecule has 0 aliphatic rings. The average molecular weight is 376 g/mol. The van der Waals surface area contributed by atoms with E-state index in [2.05, 4.69) is 10.3 Å². The standard InChI is InChI=1S/C19H24N2O4S/c1-5-24-17(22)15-12-26-16(20-15)14(11-13-9-7-6-8-10-13)21-18(23)25-19(2,3)4/h6-10,12,14H,5,11H2,1-4H3,(H,21,23)/t14-/m1/s1. The van der Waals surface area contributed by atoms with Gasteiger partial charge in [0.25, 0.3) is 0 Å². The molecule has 2 rings (SSSR count). The van der Waals surface area contributed by atoms with E-state index < -0.39 is 23.7 Å². The molecular formula is C19H24N2O4S. The second kappa shape index (κ2) is 8.80. The van der Waals surface area contributed by atoms with Crippen LogP contribution in [0.2, 0.25) is 0 Å². The lowest BCUT2D eigenvalue weighted by Gasteiger charge is -2.23. The summed E-state index contributed by atoms with van der Waals surface area (Å²) in [6, 6.07) is 9.35. The molecule has 0 spiro atoms. The number of carbonyl (C=O) groups is 2. The van der Waals surface area contributed by atoms with Gasteiger partial charge in [-0.1, -0.05) is 30.3 Å². The van der Waals surface area contributed by atoms with Gasteiger partial charge in [-0.05, 0) is 39.7 Å². The number of rotatable bonds is 6. The first-order valence-corrected chi connectivity index (χ1v) is 9.32. The molecule has 0 unspecified atom stereocenters. The van der Waals surface area contributed by atoms with E-state index in [0.717, 1.165) is 5.56 Å². The average Bonchev–Trinajstić information content (AvgIpc) is 3.04. The van der Waals surface area contributed by atoms with Gasteiger partial charge >= 0.3 is 12.1 Å². The van der Waals surface area contributed by atoms with E-state index in [9.17, 15) is 9.59 Å². The molecule has 0 saturated carbocycles. The van der Waals surface area contributed by atoms with E-state index >= 15 is 0 Å². The zero-order chi connectivity index (χ0) is 19.2. The lowest BCUT2D eigenvalue weighted by atomic mass is 10.1. The Balaban J connectivity index is 2.20. The molecule has 0 fully saturated rings. The Bertz CT molecular complexity index is 737. The molecule has 0 bridgehead atoms. The van der Waals surface area contributed by atoms with E-state index in [1.165, 1.54) is 11.3 Å². The Labute approximate surface area is 157 Å². The van der Waals surface area contributed by atoms with E-state index in [1.807, 2.05) is 30.3 Å². The van der Waals surface area contributed by atoms with Crippen LogP contribution < -0.4 is 5.32 Å². The summed E-state index contributed by atoms with van der Waals surface area (Å²) < 4.78 is 10.3. The largest absolute Gasteiger partial charge is 0.461 e. The monoisotopic (exact) mass is 376 g/mol. The third-order valence-corrected chi connectivity index (χ3v) is 4.24. The molecule has 0 radical (unpaired) electrons. The summed E-state index contributed by atoms with van der Waals surface area (Å²) in [5, 5.41) is 5.13. The number of nitrogens with zero attached hydrogens (tertiary/aromatic N) is 1. The quantitative estimate of drug-likeness (QED) is 0.767. The summed E-state index contributed by atoms with van der Waals surface area (Å²) in [4.78, 5) is 28.4. The van der Waals surface area contributed by atoms with Crippen LogP contribution in [0.15, 0.2) is 35.7 Å². The van der Waals surface area contributed by atoms with Gasteiger partial charge in [0.2, 0.25) is 0 Å². The van der Waals surface area contributed by atoms with Gasteiger partial charge in [-0.25, -0.2) is 14.6 Å². The number of carbonyl (C=O) groups excluding carboxylic acids is 2. The maximum absolute atomic E-state index is 12.2. The highest BCUT2D eigenvalue weighted by Gasteiger charge is 2.24. The Hall–Kier alpha value is -2.41. The van der Waals surface area contributed by atoms with Crippen LogP contribution in [0.4, 0.5) is 4.79 Å². The molecule has 1 N–H and O–H groups in total. The van der Waals surface area contributed by atoms with Crippen molar-refractivity contribution in [1.82, 2.24) is 10.3 Å². The van der Waals surface area contributed by atoms with Crippen LogP contribution in [-0.4, -0.2) is 29.3 Å². The fourth-order valence-electron chi connectivity index (χ4n) is 2.25. The predicted molar refractivity (Wildman–Crippen MR) is 100 cm³/mol. The fraction of sp³-hybridized carbons (Fsp3) is 0.421. The fourth-order valence-corrected chi connectivity index (χ4v) is 3.09. The minimum Gasteiger partial charge on any atom is -0.461 e. The first kappa shape index (κ1) is 19.9. The van der Waals surface area contributed by atoms with Crippen molar-refractivity contribution >= 4 is 23.4 Å². The highest BCUT2D eigenvalue weighted by molar-refractivity contribution is 7.09.